The lowest BCUT2D eigenvalue weighted by Gasteiger charge is -2.25. The Hall–Kier alpha value is -2.89. The van der Waals surface area contributed by atoms with Gasteiger partial charge in [0.25, 0.3) is 5.91 Å². The molecule has 6 heteroatoms. The number of ether oxygens (including phenoxy) is 1. The molecule has 6 nitrogen and oxygen atoms in total. The van der Waals surface area contributed by atoms with Crippen LogP contribution in [-0.4, -0.2) is 46.9 Å². The van der Waals surface area contributed by atoms with Crippen molar-refractivity contribution in [2.45, 2.75) is 70.3 Å². The van der Waals surface area contributed by atoms with Crippen molar-refractivity contribution >= 4 is 11.7 Å². The Morgan fingerprint density at radius 3 is 2.41 bits per heavy atom. The highest BCUT2D eigenvalue weighted by atomic mass is 16.5. The number of carbonyl (C=O) groups is 2. The third-order valence-electron chi connectivity index (χ3n) is 6.77. The molecule has 1 aliphatic carbocycles. The molecule has 0 radical (unpaired) electrons. The molecule has 1 saturated carbocycles. The number of methoxy groups -OCH3 is 1. The molecule has 0 bridgehead atoms. The van der Waals surface area contributed by atoms with Crippen LogP contribution in [0.5, 0.6) is 11.5 Å². The third-order valence-corrected chi connectivity index (χ3v) is 6.77. The molecule has 2 unspecified atom stereocenters. The van der Waals surface area contributed by atoms with E-state index >= 15 is 0 Å². The molecule has 1 aromatic carbocycles. The number of aromatic hydroxyl groups is 1. The minimum Gasteiger partial charge on any atom is -0.503 e. The molecular weight excluding hydrogens is 404 g/mol. The predicted octanol–water partition coefficient (Wildman–Crippen LogP) is 5.07. The van der Waals surface area contributed by atoms with Crippen molar-refractivity contribution in [3.8, 4) is 11.5 Å². The van der Waals surface area contributed by atoms with Crippen molar-refractivity contribution in [3.63, 3.8) is 0 Å². The summed E-state index contributed by atoms with van der Waals surface area (Å²) in [5.41, 5.74) is 2.40. The van der Waals surface area contributed by atoms with Gasteiger partial charge < -0.3 is 14.7 Å². The van der Waals surface area contributed by atoms with Gasteiger partial charge in [-0.25, -0.2) is 4.98 Å². The average Bonchev–Trinajstić information content (AvgIpc) is 2.83. The zero-order chi connectivity index (χ0) is 23.3. The van der Waals surface area contributed by atoms with E-state index in [0.29, 0.717) is 12.3 Å². The van der Waals surface area contributed by atoms with Crippen molar-refractivity contribution in [2.75, 3.05) is 14.2 Å². The largest absolute Gasteiger partial charge is 0.503 e. The van der Waals surface area contributed by atoms with Crippen LogP contribution < -0.4 is 4.74 Å². The highest BCUT2D eigenvalue weighted by molar-refractivity contribution is 5.98. The molecule has 2 atom stereocenters. The lowest BCUT2D eigenvalue weighted by Crippen LogP contribution is -2.41. The summed E-state index contributed by atoms with van der Waals surface area (Å²) in [6.45, 7) is 3.74. The number of nitrogens with zero attached hydrogens (tertiary/aromatic N) is 2. The summed E-state index contributed by atoms with van der Waals surface area (Å²) in [7, 11) is 2.96. The average molecular weight is 439 g/mol. The Morgan fingerprint density at radius 1 is 1.12 bits per heavy atom. The van der Waals surface area contributed by atoms with Crippen LogP contribution in [0, 0.1) is 0 Å². The first kappa shape index (κ1) is 23.8. The van der Waals surface area contributed by atoms with Gasteiger partial charge in [0.15, 0.2) is 23.0 Å². The van der Waals surface area contributed by atoms with E-state index in [1.54, 1.807) is 14.0 Å². The van der Waals surface area contributed by atoms with Crippen LogP contribution in [0.3, 0.4) is 0 Å². The van der Waals surface area contributed by atoms with Crippen LogP contribution in [-0.2, 0) is 4.79 Å². The topological polar surface area (TPSA) is 79.7 Å². The number of likely N-dealkylation sites (N-methyl/N-ethyl adjacent to an activating group) is 1. The fourth-order valence-electron chi connectivity index (χ4n) is 4.44. The second-order valence-electron chi connectivity index (χ2n) is 8.88. The molecule has 1 aliphatic rings. The van der Waals surface area contributed by atoms with Crippen LogP contribution in [0.1, 0.15) is 85.8 Å². The summed E-state index contributed by atoms with van der Waals surface area (Å²) >= 11 is 0. The smallest absolute Gasteiger partial charge is 0.276 e. The summed E-state index contributed by atoms with van der Waals surface area (Å²) in [6, 6.07) is 9.53. The molecule has 1 heterocycles. The van der Waals surface area contributed by atoms with Gasteiger partial charge in [-0.15, -0.1) is 0 Å². The van der Waals surface area contributed by atoms with Crippen LogP contribution in [0.2, 0.25) is 0 Å². The minimum atomic E-state index is -0.640. The van der Waals surface area contributed by atoms with Crippen LogP contribution >= 0.6 is 0 Å². The normalized spacial score (nSPS) is 16.2. The maximum absolute atomic E-state index is 12.9. The minimum absolute atomic E-state index is 0.0351. The lowest BCUT2D eigenvalue weighted by molar-refractivity contribution is -0.123. The van der Waals surface area contributed by atoms with E-state index in [4.69, 9.17) is 4.74 Å². The number of Topliss-reactive ketones (excluding diaryl/α,β-unsaturated/α-hetero) is 1. The van der Waals surface area contributed by atoms with Gasteiger partial charge in [-0.1, -0.05) is 50.5 Å². The van der Waals surface area contributed by atoms with Gasteiger partial charge in [-0.2, -0.15) is 0 Å². The summed E-state index contributed by atoms with van der Waals surface area (Å²) in [5, 5.41) is 10.2. The van der Waals surface area contributed by atoms with E-state index in [0.717, 1.165) is 5.56 Å². The molecular formula is C26H34N2O4. The zero-order valence-electron chi connectivity index (χ0n) is 19.5. The molecule has 3 rings (SSSR count). The van der Waals surface area contributed by atoms with Gasteiger partial charge in [0, 0.05) is 25.7 Å². The summed E-state index contributed by atoms with van der Waals surface area (Å²) in [5.74, 6) is 0.00559. The number of benzene rings is 1. The van der Waals surface area contributed by atoms with Crippen molar-refractivity contribution in [3.05, 3.63) is 53.3 Å². The fourth-order valence-corrected chi connectivity index (χ4v) is 4.44. The first-order valence-electron chi connectivity index (χ1n) is 11.4. The molecule has 0 spiro atoms. The Balaban J connectivity index is 1.62. The van der Waals surface area contributed by atoms with E-state index in [9.17, 15) is 14.7 Å². The molecule has 1 aromatic heterocycles. The second-order valence-corrected chi connectivity index (χ2v) is 8.88. The zero-order valence-corrected chi connectivity index (χ0v) is 19.5. The van der Waals surface area contributed by atoms with E-state index in [-0.39, 0.29) is 28.9 Å². The van der Waals surface area contributed by atoms with Crippen molar-refractivity contribution in [2.24, 2.45) is 0 Å². The summed E-state index contributed by atoms with van der Waals surface area (Å²) in [6.07, 6.45) is 8.22. The van der Waals surface area contributed by atoms with E-state index < -0.39 is 11.9 Å². The van der Waals surface area contributed by atoms with Crippen LogP contribution in [0.15, 0.2) is 36.5 Å². The Morgan fingerprint density at radius 2 is 1.78 bits per heavy atom. The van der Waals surface area contributed by atoms with Crippen molar-refractivity contribution in [1.29, 1.82) is 0 Å². The second kappa shape index (κ2) is 10.6. The van der Waals surface area contributed by atoms with Gasteiger partial charge in [-0.05, 0) is 42.7 Å². The van der Waals surface area contributed by atoms with E-state index in [2.05, 4.69) is 29.2 Å². The molecule has 172 valence electrons. The lowest BCUT2D eigenvalue weighted by atomic mass is 9.83. The molecule has 0 aliphatic heterocycles. The Kier molecular flexibility index (Phi) is 7.89. The number of amides is 1. The standard InChI is InChI=1S/C26H34N2O4/c1-17(19-10-12-21(13-11-19)20-8-6-5-7-9-20)16-22(29)18(2)28(3)26(31)24-25(30)23(32-4)14-15-27-24/h10-15,17-18,20,30H,5-9,16H2,1-4H3. The molecule has 2 aromatic rings. The first-order valence-corrected chi connectivity index (χ1v) is 11.4. The van der Waals surface area contributed by atoms with Gasteiger partial charge in [0.05, 0.1) is 13.2 Å². The van der Waals surface area contributed by atoms with E-state index in [1.165, 1.54) is 61.9 Å². The Labute approximate surface area is 190 Å². The predicted molar refractivity (Wildman–Crippen MR) is 124 cm³/mol. The number of rotatable bonds is 8. The molecule has 0 saturated heterocycles. The van der Waals surface area contributed by atoms with Crippen LogP contribution in [0.25, 0.3) is 0 Å². The number of aromatic nitrogens is 1. The fraction of sp³-hybridized carbons (Fsp3) is 0.500. The van der Waals surface area contributed by atoms with Gasteiger partial charge >= 0.3 is 0 Å². The monoisotopic (exact) mass is 438 g/mol. The van der Waals surface area contributed by atoms with Gasteiger partial charge in [-0.3, -0.25) is 9.59 Å². The SMILES string of the molecule is COc1ccnc(C(=O)N(C)C(C)C(=O)CC(C)c2ccc(C3CCCCC3)cc2)c1O. The number of hydrogen-bond acceptors (Lipinski definition) is 5. The number of ketones is 1. The highest BCUT2D eigenvalue weighted by Gasteiger charge is 2.28. The maximum Gasteiger partial charge on any atom is 0.276 e. The Bertz CT molecular complexity index is 935. The van der Waals surface area contributed by atoms with E-state index in [1.807, 2.05) is 6.92 Å². The summed E-state index contributed by atoms with van der Waals surface area (Å²) < 4.78 is 5.04. The molecule has 32 heavy (non-hydrogen) atoms. The number of carbonyl (C=O) groups excluding carboxylic acids is 2. The van der Waals surface area contributed by atoms with Crippen LogP contribution in [0.4, 0.5) is 0 Å². The molecule has 1 fully saturated rings. The number of pyridine rings is 1. The van der Waals surface area contributed by atoms with Crippen molar-refractivity contribution in [1.82, 2.24) is 9.88 Å². The van der Waals surface area contributed by atoms with Crippen molar-refractivity contribution < 1.29 is 19.4 Å². The highest BCUT2D eigenvalue weighted by Crippen LogP contribution is 2.33. The van der Waals surface area contributed by atoms with Gasteiger partial charge in [0.1, 0.15) is 0 Å². The molecule has 1 N–H and O–H groups in total. The quantitative estimate of drug-likeness (QED) is 0.623. The van der Waals surface area contributed by atoms with Gasteiger partial charge in [0.2, 0.25) is 0 Å². The first-order chi connectivity index (χ1) is 15.3. The maximum atomic E-state index is 12.9. The number of hydrogen-bond donors (Lipinski definition) is 1. The third kappa shape index (κ3) is 5.29. The molecule has 1 amide bonds. The summed E-state index contributed by atoms with van der Waals surface area (Å²) in [4.78, 5) is 31.0.